The van der Waals surface area contributed by atoms with Gasteiger partial charge in [0.2, 0.25) is 0 Å². The lowest BCUT2D eigenvalue weighted by molar-refractivity contribution is 0.407. The molecule has 13 heavy (non-hydrogen) atoms. The average Bonchev–Trinajstić information content (AvgIpc) is 2.08. The first kappa shape index (κ1) is 11.7. The van der Waals surface area contributed by atoms with Crippen molar-refractivity contribution in [2.75, 3.05) is 25.7 Å². The van der Waals surface area contributed by atoms with Gasteiger partial charge in [-0.05, 0) is 0 Å². The van der Waals surface area contributed by atoms with E-state index in [9.17, 15) is 0 Å². The summed E-state index contributed by atoms with van der Waals surface area (Å²) in [6.07, 6.45) is 0. The van der Waals surface area contributed by atoms with Gasteiger partial charge in [0, 0.05) is 12.1 Å². The summed E-state index contributed by atoms with van der Waals surface area (Å²) >= 11 is 0. The van der Waals surface area contributed by atoms with Gasteiger partial charge in [-0.2, -0.15) is 0 Å². The molecular weight excluding hydrogens is 192 g/mol. The minimum absolute atomic E-state index is 0. The van der Waals surface area contributed by atoms with Crippen LogP contribution in [0.5, 0.6) is 11.5 Å². The second kappa shape index (κ2) is 4.67. The molecule has 74 valence electrons. The summed E-state index contributed by atoms with van der Waals surface area (Å²) in [5, 5.41) is 0. The Morgan fingerprint density at radius 1 is 0.923 bits per heavy atom. The highest BCUT2D eigenvalue weighted by Gasteiger charge is 2.05. The molecule has 1 aromatic rings. The Kier molecular flexibility index (Phi) is 4.20. The van der Waals surface area contributed by atoms with E-state index in [1.807, 2.05) is 0 Å². The largest absolute Gasteiger partial charge is 0.495 e. The molecule has 0 saturated carbocycles. The van der Waals surface area contributed by atoms with E-state index in [1.54, 1.807) is 12.1 Å². The van der Waals surface area contributed by atoms with E-state index < -0.39 is 0 Å². The van der Waals surface area contributed by atoms with Gasteiger partial charge >= 0.3 is 0 Å². The molecule has 1 aromatic carbocycles. The van der Waals surface area contributed by atoms with Gasteiger partial charge in [0.05, 0.1) is 25.6 Å². The van der Waals surface area contributed by atoms with Crippen molar-refractivity contribution in [3.8, 4) is 11.5 Å². The number of methoxy groups -OCH3 is 2. The van der Waals surface area contributed by atoms with Gasteiger partial charge < -0.3 is 20.9 Å². The Morgan fingerprint density at radius 2 is 1.23 bits per heavy atom. The molecule has 0 heterocycles. The third-order valence-corrected chi connectivity index (χ3v) is 1.58. The first-order valence-corrected chi connectivity index (χ1v) is 3.46. The molecule has 0 fully saturated rings. The van der Waals surface area contributed by atoms with Crippen LogP contribution in [-0.4, -0.2) is 14.2 Å². The predicted octanol–water partition coefficient (Wildman–Crippen LogP) is 1.29. The summed E-state index contributed by atoms with van der Waals surface area (Å²) in [5.41, 5.74) is 12.3. The van der Waals surface area contributed by atoms with E-state index in [4.69, 9.17) is 20.9 Å². The lowest BCUT2D eigenvalue weighted by Crippen LogP contribution is -1.97. The number of ether oxygens (including phenoxy) is 2. The molecule has 0 radical (unpaired) electrons. The Bertz CT molecular complexity index is 262. The quantitative estimate of drug-likeness (QED) is 0.713. The normalized spacial score (nSPS) is 8.77. The standard InChI is InChI=1S/C8H12N2O2.ClH/c1-11-7-3-6(10)8(12-2)4-5(7)9;/h3-4H,9-10H2,1-2H3;1H. The van der Waals surface area contributed by atoms with Crippen molar-refractivity contribution in [2.24, 2.45) is 0 Å². The molecule has 0 spiro atoms. The number of anilines is 2. The topological polar surface area (TPSA) is 70.5 Å². The molecule has 0 bridgehead atoms. The average molecular weight is 205 g/mol. The molecule has 4 N–H and O–H groups in total. The van der Waals surface area contributed by atoms with Crippen molar-refractivity contribution >= 4 is 23.8 Å². The van der Waals surface area contributed by atoms with Crippen molar-refractivity contribution in [1.29, 1.82) is 0 Å². The van der Waals surface area contributed by atoms with Crippen molar-refractivity contribution in [3.63, 3.8) is 0 Å². The fourth-order valence-corrected chi connectivity index (χ4v) is 0.945. The van der Waals surface area contributed by atoms with Crippen LogP contribution in [0.25, 0.3) is 0 Å². The molecule has 5 heteroatoms. The van der Waals surface area contributed by atoms with Crippen molar-refractivity contribution in [3.05, 3.63) is 12.1 Å². The number of hydrogen-bond acceptors (Lipinski definition) is 4. The van der Waals surface area contributed by atoms with E-state index >= 15 is 0 Å². The summed E-state index contributed by atoms with van der Waals surface area (Å²) in [6.45, 7) is 0. The molecule has 4 nitrogen and oxygen atoms in total. The van der Waals surface area contributed by atoms with Crippen molar-refractivity contribution in [2.45, 2.75) is 0 Å². The van der Waals surface area contributed by atoms with Crippen molar-refractivity contribution < 1.29 is 9.47 Å². The Balaban J connectivity index is 0.00000144. The molecule has 0 aliphatic rings. The molecular formula is C8H13ClN2O2. The molecule has 0 aromatic heterocycles. The maximum Gasteiger partial charge on any atom is 0.144 e. The highest BCUT2D eigenvalue weighted by Crippen LogP contribution is 2.31. The van der Waals surface area contributed by atoms with Crippen LogP contribution in [0, 0.1) is 0 Å². The summed E-state index contributed by atoms with van der Waals surface area (Å²) in [7, 11) is 3.08. The third kappa shape index (κ3) is 2.32. The van der Waals surface area contributed by atoms with Gasteiger partial charge in [-0.25, -0.2) is 0 Å². The van der Waals surface area contributed by atoms with Gasteiger partial charge in [-0.1, -0.05) is 0 Å². The lowest BCUT2D eigenvalue weighted by atomic mass is 10.2. The second-order valence-electron chi connectivity index (χ2n) is 2.34. The van der Waals surface area contributed by atoms with E-state index in [1.165, 1.54) is 14.2 Å². The number of nitrogen functional groups attached to an aromatic ring is 2. The molecule has 1 rings (SSSR count). The summed E-state index contributed by atoms with van der Waals surface area (Å²) < 4.78 is 9.93. The predicted molar refractivity (Wildman–Crippen MR) is 55.6 cm³/mol. The van der Waals surface area contributed by atoms with Gasteiger partial charge in [0.1, 0.15) is 11.5 Å². The van der Waals surface area contributed by atoms with E-state index in [-0.39, 0.29) is 12.4 Å². The Labute approximate surface area is 83.2 Å². The fourth-order valence-electron chi connectivity index (χ4n) is 0.945. The van der Waals surface area contributed by atoms with Gasteiger partial charge in [0.25, 0.3) is 0 Å². The molecule has 0 amide bonds. The zero-order chi connectivity index (χ0) is 9.14. The zero-order valence-corrected chi connectivity index (χ0v) is 8.35. The second-order valence-corrected chi connectivity index (χ2v) is 2.34. The maximum atomic E-state index is 5.62. The lowest BCUT2D eigenvalue weighted by Gasteiger charge is -2.08. The van der Waals surface area contributed by atoms with Gasteiger partial charge in [-0.3, -0.25) is 0 Å². The number of hydrogen-bond donors (Lipinski definition) is 2. The number of halogens is 1. The van der Waals surface area contributed by atoms with Crippen LogP contribution in [-0.2, 0) is 0 Å². The van der Waals surface area contributed by atoms with Crippen LogP contribution in [0.2, 0.25) is 0 Å². The maximum absolute atomic E-state index is 5.62. The zero-order valence-electron chi connectivity index (χ0n) is 7.53. The fraction of sp³-hybridized carbons (Fsp3) is 0.250. The van der Waals surface area contributed by atoms with Crippen LogP contribution in [0.1, 0.15) is 0 Å². The minimum Gasteiger partial charge on any atom is -0.495 e. The van der Waals surface area contributed by atoms with Crippen LogP contribution in [0.15, 0.2) is 12.1 Å². The summed E-state index contributed by atoms with van der Waals surface area (Å²) in [6, 6.07) is 3.27. The SMILES string of the molecule is COc1cc(N)c(OC)cc1N.Cl. The molecule has 0 aliphatic heterocycles. The van der Waals surface area contributed by atoms with E-state index in [0.29, 0.717) is 22.9 Å². The van der Waals surface area contributed by atoms with Gasteiger partial charge in [-0.15, -0.1) is 12.4 Å². The third-order valence-electron chi connectivity index (χ3n) is 1.58. The summed E-state index contributed by atoms with van der Waals surface area (Å²) in [4.78, 5) is 0. The van der Waals surface area contributed by atoms with E-state index in [0.717, 1.165) is 0 Å². The number of benzene rings is 1. The molecule has 0 aliphatic carbocycles. The number of nitrogens with two attached hydrogens (primary N) is 2. The van der Waals surface area contributed by atoms with Crippen LogP contribution >= 0.6 is 12.4 Å². The van der Waals surface area contributed by atoms with E-state index in [2.05, 4.69) is 0 Å². The highest BCUT2D eigenvalue weighted by atomic mass is 35.5. The first-order chi connectivity index (χ1) is 5.69. The van der Waals surface area contributed by atoms with Gasteiger partial charge in [0.15, 0.2) is 0 Å². The van der Waals surface area contributed by atoms with Crippen LogP contribution in [0.4, 0.5) is 11.4 Å². The Hall–Kier alpha value is -1.29. The van der Waals surface area contributed by atoms with Crippen molar-refractivity contribution in [1.82, 2.24) is 0 Å². The summed E-state index contributed by atoms with van der Waals surface area (Å²) in [5.74, 6) is 1.13. The highest BCUT2D eigenvalue weighted by molar-refractivity contribution is 5.85. The first-order valence-electron chi connectivity index (χ1n) is 3.46. The minimum atomic E-state index is 0. The van der Waals surface area contributed by atoms with Crippen LogP contribution in [0.3, 0.4) is 0 Å². The molecule has 0 saturated heterocycles. The smallest absolute Gasteiger partial charge is 0.144 e. The molecule has 0 unspecified atom stereocenters. The Morgan fingerprint density at radius 3 is 1.46 bits per heavy atom. The monoisotopic (exact) mass is 204 g/mol. The number of rotatable bonds is 2. The molecule has 0 atom stereocenters. The van der Waals surface area contributed by atoms with Crippen LogP contribution < -0.4 is 20.9 Å².